The van der Waals surface area contributed by atoms with E-state index in [4.69, 9.17) is 9.47 Å². The van der Waals surface area contributed by atoms with Crippen molar-refractivity contribution in [2.75, 3.05) is 20.8 Å². The number of ether oxygens (including phenoxy) is 2. The van der Waals surface area contributed by atoms with Gasteiger partial charge in [0.15, 0.2) is 11.5 Å². The van der Waals surface area contributed by atoms with Crippen LogP contribution in [0.3, 0.4) is 0 Å². The van der Waals surface area contributed by atoms with Crippen LogP contribution in [0, 0.1) is 0 Å². The standard InChI is InChI=1S/C13H19NO3/c1-16-11-7-6-9(12(15)13(11)17-2)10-5-3-4-8-14-10/h6-7,10,14-15H,3-5,8H2,1-2H3. The summed E-state index contributed by atoms with van der Waals surface area (Å²) in [5.74, 6) is 1.16. The van der Waals surface area contributed by atoms with Crippen molar-refractivity contribution in [1.82, 2.24) is 5.32 Å². The molecule has 1 saturated heterocycles. The molecule has 0 saturated carbocycles. The second kappa shape index (κ2) is 5.27. The zero-order valence-electron chi connectivity index (χ0n) is 10.3. The molecule has 1 aromatic carbocycles. The molecule has 1 aliphatic rings. The number of benzene rings is 1. The van der Waals surface area contributed by atoms with Crippen LogP contribution in [0.2, 0.25) is 0 Å². The second-order valence-electron chi connectivity index (χ2n) is 4.24. The van der Waals surface area contributed by atoms with Gasteiger partial charge in [0.25, 0.3) is 0 Å². The molecule has 17 heavy (non-hydrogen) atoms. The van der Waals surface area contributed by atoms with Crippen LogP contribution in [0.4, 0.5) is 0 Å². The van der Waals surface area contributed by atoms with Gasteiger partial charge < -0.3 is 19.9 Å². The van der Waals surface area contributed by atoms with Crippen LogP contribution in [0.25, 0.3) is 0 Å². The van der Waals surface area contributed by atoms with E-state index < -0.39 is 0 Å². The molecule has 0 spiro atoms. The van der Waals surface area contributed by atoms with Crippen LogP contribution in [-0.2, 0) is 0 Å². The van der Waals surface area contributed by atoms with Crippen molar-refractivity contribution >= 4 is 0 Å². The number of rotatable bonds is 3. The molecule has 2 N–H and O–H groups in total. The zero-order chi connectivity index (χ0) is 12.3. The molecule has 1 fully saturated rings. The van der Waals surface area contributed by atoms with Crippen molar-refractivity contribution < 1.29 is 14.6 Å². The third kappa shape index (κ3) is 2.31. The molecule has 0 aliphatic carbocycles. The molecule has 1 heterocycles. The van der Waals surface area contributed by atoms with E-state index in [0.29, 0.717) is 11.5 Å². The Morgan fingerprint density at radius 3 is 2.65 bits per heavy atom. The molecule has 4 nitrogen and oxygen atoms in total. The van der Waals surface area contributed by atoms with Gasteiger partial charge in [-0.25, -0.2) is 0 Å². The quantitative estimate of drug-likeness (QED) is 0.846. The highest BCUT2D eigenvalue weighted by Gasteiger charge is 2.22. The predicted octanol–water partition coefficient (Wildman–Crippen LogP) is 2.22. The van der Waals surface area contributed by atoms with Gasteiger partial charge in [0, 0.05) is 11.6 Å². The van der Waals surface area contributed by atoms with Crippen molar-refractivity contribution in [3.05, 3.63) is 17.7 Å². The Balaban J connectivity index is 2.34. The van der Waals surface area contributed by atoms with E-state index in [2.05, 4.69) is 5.32 Å². The Bertz CT molecular complexity index is 386. The minimum Gasteiger partial charge on any atom is -0.504 e. The molecular formula is C13H19NO3. The maximum absolute atomic E-state index is 10.2. The molecular weight excluding hydrogens is 218 g/mol. The van der Waals surface area contributed by atoms with Crippen molar-refractivity contribution in [2.24, 2.45) is 0 Å². The molecule has 2 rings (SSSR count). The van der Waals surface area contributed by atoms with Crippen molar-refractivity contribution in [2.45, 2.75) is 25.3 Å². The Hall–Kier alpha value is -1.42. The van der Waals surface area contributed by atoms with Gasteiger partial charge in [0.05, 0.1) is 14.2 Å². The van der Waals surface area contributed by atoms with Gasteiger partial charge in [0.1, 0.15) is 0 Å². The fraction of sp³-hybridized carbons (Fsp3) is 0.538. The van der Waals surface area contributed by atoms with Gasteiger partial charge in [-0.1, -0.05) is 6.42 Å². The summed E-state index contributed by atoms with van der Waals surface area (Å²) in [6.45, 7) is 0.998. The SMILES string of the molecule is COc1ccc(C2CCCCN2)c(O)c1OC. The molecule has 1 atom stereocenters. The van der Waals surface area contributed by atoms with E-state index in [1.165, 1.54) is 20.0 Å². The first-order chi connectivity index (χ1) is 8.27. The minimum atomic E-state index is 0.186. The average molecular weight is 237 g/mol. The summed E-state index contributed by atoms with van der Waals surface area (Å²) >= 11 is 0. The van der Waals surface area contributed by atoms with Crippen LogP contribution in [-0.4, -0.2) is 25.9 Å². The summed E-state index contributed by atoms with van der Waals surface area (Å²) in [7, 11) is 3.10. The van der Waals surface area contributed by atoms with Gasteiger partial charge in [-0.15, -0.1) is 0 Å². The Morgan fingerprint density at radius 2 is 2.06 bits per heavy atom. The maximum atomic E-state index is 10.2. The van der Waals surface area contributed by atoms with E-state index in [1.54, 1.807) is 7.11 Å². The average Bonchev–Trinajstić information content (AvgIpc) is 2.39. The molecule has 0 aromatic heterocycles. The first-order valence-corrected chi connectivity index (χ1v) is 5.95. The fourth-order valence-electron chi connectivity index (χ4n) is 2.32. The molecule has 1 unspecified atom stereocenters. The van der Waals surface area contributed by atoms with Gasteiger partial charge in [0.2, 0.25) is 5.75 Å². The summed E-state index contributed by atoms with van der Waals surface area (Å²) in [6.07, 6.45) is 3.43. The lowest BCUT2D eigenvalue weighted by Crippen LogP contribution is -2.26. The Kier molecular flexibility index (Phi) is 3.74. The molecule has 0 radical (unpaired) electrons. The lowest BCUT2D eigenvalue weighted by atomic mass is 9.96. The van der Waals surface area contributed by atoms with Gasteiger partial charge in [-0.2, -0.15) is 0 Å². The lowest BCUT2D eigenvalue weighted by molar-refractivity contribution is 0.324. The van der Waals surface area contributed by atoms with Crippen molar-refractivity contribution in [3.63, 3.8) is 0 Å². The number of piperidine rings is 1. The highest BCUT2D eigenvalue weighted by Crippen LogP contribution is 2.42. The summed E-state index contributed by atoms with van der Waals surface area (Å²) in [6, 6.07) is 3.95. The molecule has 1 aliphatic heterocycles. The molecule has 0 bridgehead atoms. The molecule has 1 aromatic rings. The predicted molar refractivity (Wildman–Crippen MR) is 65.8 cm³/mol. The van der Waals surface area contributed by atoms with Gasteiger partial charge in [-0.3, -0.25) is 0 Å². The van der Waals surface area contributed by atoms with Gasteiger partial charge >= 0.3 is 0 Å². The Labute approximate surface area is 102 Å². The number of nitrogens with one attached hydrogen (secondary N) is 1. The first kappa shape index (κ1) is 12.0. The largest absolute Gasteiger partial charge is 0.504 e. The van der Waals surface area contributed by atoms with Crippen LogP contribution in [0.1, 0.15) is 30.9 Å². The first-order valence-electron chi connectivity index (χ1n) is 5.95. The number of phenolic OH excluding ortho intramolecular Hbond substituents is 1. The van der Waals surface area contributed by atoms with Gasteiger partial charge in [-0.05, 0) is 31.5 Å². The molecule has 0 amide bonds. The number of phenols is 1. The Morgan fingerprint density at radius 1 is 1.24 bits per heavy atom. The number of hydrogen-bond acceptors (Lipinski definition) is 4. The molecule has 94 valence electrons. The van der Waals surface area contributed by atoms with Crippen LogP contribution >= 0.6 is 0 Å². The normalized spacial score (nSPS) is 20.0. The molecule has 4 heteroatoms. The van der Waals surface area contributed by atoms with E-state index in [1.807, 2.05) is 12.1 Å². The maximum Gasteiger partial charge on any atom is 0.203 e. The fourth-order valence-corrected chi connectivity index (χ4v) is 2.32. The smallest absolute Gasteiger partial charge is 0.203 e. The van der Waals surface area contributed by atoms with Crippen molar-refractivity contribution in [1.29, 1.82) is 0 Å². The van der Waals surface area contributed by atoms with E-state index in [-0.39, 0.29) is 11.8 Å². The highest BCUT2D eigenvalue weighted by molar-refractivity contribution is 5.55. The lowest BCUT2D eigenvalue weighted by Gasteiger charge is -2.25. The summed E-state index contributed by atoms with van der Waals surface area (Å²) in [5.41, 5.74) is 0.891. The third-order valence-corrected chi connectivity index (χ3v) is 3.24. The van der Waals surface area contributed by atoms with E-state index >= 15 is 0 Å². The number of hydrogen-bond donors (Lipinski definition) is 2. The second-order valence-corrected chi connectivity index (χ2v) is 4.24. The number of aromatic hydroxyl groups is 1. The summed E-state index contributed by atoms with van der Waals surface area (Å²) in [5, 5.41) is 13.6. The monoisotopic (exact) mass is 237 g/mol. The summed E-state index contributed by atoms with van der Waals surface area (Å²) in [4.78, 5) is 0. The van der Waals surface area contributed by atoms with Crippen LogP contribution in [0.15, 0.2) is 12.1 Å². The van der Waals surface area contributed by atoms with Crippen molar-refractivity contribution in [3.8, 4) is 17.2 Å². The number of methoxy groups -OCH3 is 2. The minimum absolute atomic E-state index is 0.186. The third-order valence-electron chi connectivity index (χ3n) is 3.24. The topological polar surface area (TPSA) is 50.7 Å². The summed E-state index contributed by atoms with van der Waals surface area (Å²) < 4.78 is 10.3. The van der Waals surface area contributed by atoms with E-state index in [9.17, 15) is 5.11 Å². The van der Waals surface area contributed by atoms with Crippen LogP contribution < -0.4 is 14.8 Å². The van der Waals surface area contributed by atoms with Crippen LogP contribution in [0.5, 0.6) is 17.2 Å². The van der Waals surface area contributed by atoms with E-state index in [0.717, 1.165) is 18.5 Å². The highest BCUT2D eigenvalue weighted by atomic mass is 16.5. The zero-order valence-corrected chi connectivity index (χ0v) is 10.3.